The van der Waals surface area contributed by atoms with E-state index in [4.69, 9.17) is 0 Å². The molecule has 3 heteroatoms. The summed E-state index contributed by atoms with van der Waals surface area (Å²) in [4.78, 5) is 4.14. The first-order chi connectivity index (χ1) is 10.8. The van der Waals surface area contributed by atoms with Gasteiger partial charge in [-0.3, -0.25) is 0 Å². The molecule has 0 N–H and O–H groups in total. The summed E-state index contributed by atoms with van der Waals surface area (Å²) in [5.74, 6) is 0. The summed E-state index contributed by atoms with van der Waals surface area (Å²) in [6.07, 6.45) is 8.85. The van der Waals surface area contributed by atoms with Crippen LogP contribution >= 0.6 is 11.3 Å². The summed E-state index contributed by atoms with van der Waals surface area (Å²) >= 11 is 0.837. The van der Waals surface area contributed by atoms with Gasteiger partial charge >= 0.3 is 92.4 Å². The second-order valence-electron chi connectivity index (χ2n) is 5.88. The maximum absolute atomic E-state index is 4.14. The van der Waals surface area contributed by atoms with Gasteiger partial charge in [-0.15, -0.1) is 11.3 Å². The SMILES string of the molecule is CCC[CH2][Sn]([CH2]CCC)[CH2]CCC.c1ccc2scnc2c1. The zero-order chi connectivity index (χ0) is 16.0. The van der Waals surface area contributed by atoms with E-state index in [1.807, 2.05) is 23.7 Å². The van der Waals surface area contributed by atoms with Crippen LogP contribution in [0, 0.1) is 0 Å². The normalized spacial score (nSPS) is 10.7. The Kier molecular flexibility index (Phi) is 12.1. The first-order valence-electron chi connectivity index (χ1n) is 8.93. The van der Waals surface area contributed by atoms with E-state index in [0.717, 1.165) is 5.52 Å². The Morgan fingerprint density at radius 1 is 0.864 bits per heavy atom. The molecule has 1 radical (unpaired) electrons. The summed E-state index contributed by atoms with van der Waals surface area (Å²) in [7, 11) is 0. The van der Waals surface area contributed by atoms with Gasteiger partial charge in [-0.1, -0.05) is 12.1 Å². The van der Waals surface area contributed by atoms with Crippen LogP contribution in [0.5, 0.6) is 0 Å². The zero-order valence-corrected chi connectivity index (χ0v) is 18.3. The van der Waals surface area contributed by atoms with Crippen LogP contribution in [0.4, 0.5) is 0 Å². The van der Waals surface area contributed by atoms with Crippen LogP contribution in [0.3, 0.4) is 0 Å². The van der Waals surface area contributed by atoms with Crippen molar-refractivity contribution in [1.29, 1.82) is 0 Å². The van der Waals surface area contributed by atoms with Crippen LogP contribution < -0.4 is 0 Å². The summed E-state index contributed by atoms with van der Waals surface area (Å²) < 4.78 is 6.30. The molecule has 2 rings (SSSR count). The monoisotopic (exact) mass is 426 g/mol. The van der Waals surface area contributed by atoms with Crippen molar-refractivity contribution in [1.82, 2.24) is 4.98 Å². The van der Waals surface area contributed by atoms with Crippen LogP contribution in [-0.4, -0.2) is 24.7 Å². The second kappa shape index (κ2) is 13.4. The van der Waals surface area contributed by atoms with Crippen LogP contribution in [0.15, 0.2) is 29.8 Å². The Labute approximate surface area is 148 Å². The molecular formula is C19H32NSSn. The molecule has 0 bridgehead atoms. The van der Waals surface area contributed by atoms with Crippen LogP contribution in [0.2, 0.25) is 13.3 Å². The maximum Gasteiger partial charge on any atom is 0.0812 e. The number of para-hydroxylation sites is 1. The molecule has 0 saturated carbocycles. The van der Waals surface area contributed by atoms with E-state index in [0.29, 0.717) is 0 Å². The minimum absolute atomic E-state index is 0.839. The fourth-order valence-electron chi connectivity index (χ4n) is 2.46. The number of hydrogen-bond acceptors (Lipinski definition) is 2. The molecule has 123 valence electrons. The van der Waals surface area contributed by atoms with Crippen molar-refractivity contribution in [2.24, 2.45) is 0 Å². The van der Waals surface area contributed by atoms with Crippen molar-refractivity contribution >= 4 is 41.3 Å². The molecule has 22 heavy (non-hydrogen) atoms. The molecule has 0 amide bonds. The fourth-order valence-corrected chi connectivity index (χ4v) is 12.6. The zero-order valence-electron chi connectivity index (χ0n) is 14.6. The second-order valence-corrected chi connectivity index (χ2v) is 15.3. The van der Waals surface area contributed by atoms with E-state index in [9.17, 15) is 0 Å². The number of nitrogens with zero attached hydrogens (tertiary/aromatic N) is 1. The van der Waals surface area contributed by atoms with Crippen molar-refractivity contribution in [2.75, 3.05) is 0 Å². The summed E-state index contributed by atoms with van der Waals surface area (Å²) in [5.41, 5.74) is 2.97. The van der Waals surface area contributed by atoms with Crippen molar-refractivity contribution in [3.05, 3.63) is 29.8 Å². The summed E-state index contributed by atoms with van der Waals surface area (Å²) in [6, 6.07) is 8.13. The quantitative estimate of drug-likeness (QED) is 0.388. The van der Waals surface area contributed by atoms with Gasteiger partial charge in [-0.05, 0) is 12.1 Å². The maximum atomic E-state index is 4.14. The largest absolute Gasteiger partial charge is 0.245 e. The van der Waals surface area contributed by atoms with Gasteiger partial charge in [0.2, 0.25) is 0 Å². The molecule has 0 atom stereocenters. The van der Waals surface area contributed by atoms with Crippen molar-refractivity contribution in [3.8, 4) is 0 Å². The average molecular weight is 425 g/mol. The number of fused-ring (bicyclic) bond motifs is 1. The molecule has 1 heterocycles. The third-order valence-corrected chi connectivity index (χ3v) is 13.8. The van der Waals surface area contributed by atoms with Crippen LogP contribution in [0.1, 0.15) is 59.3 Å². The van der Waals surface area contributed by atoms with E-state index in [1.54, 1.807) is 24.6 Å². The Balaban J connectivity index is 0.000000231. The molecule has 0 spiro atoms. The van der Waals surface area contributed by atoms with Gasteiger partial charge in [0.15, 0.2) is 0 Å². The summed E-state index contributed by atoms with van der Waals surface area (Å²) in [5, 5.41) is 0. The molecule has 0 aliphatic rings. The van der Waals surface area contributed by atoms with Gasteiger partial charge in [0, 0.05) is 0 Å². The minimum Gasteiger partial charge on any atom is -0.245 e. The fraction of sp³-hybridized carbons (Fsp3) is 0.632. The van der Waals surface area contributed by atoms with Gasteiger partial charge in [-0.2, -0.15) is 0 Å². The van der Waals surface area contributed by atoms with E-state index in [-0.39, 0.29) is 0 Å². The van der Waals surface area contributed by atoms with Gasteiger partial charge < -0.3 is 0 Å². The number of thiazole rings is 1. The third kappa shape index (κ3) is 8.52. The van der Waals surface area contributed by atoms with Crippen molar-refractivity contribution in [3.63, 3.8) is 0 Å². The molecule has 0 unspecified atom stereocenters. The number of rotatable bonds is 9. The van der Waals surface area contributed by atoms with E-state index in [2.05, 4.69) is 31.8 Å². The molecule has 2 aromatic rings. The van der Waals surface area contributed by atoms with E-state index in [1.165, 1.54) is 43.2 Å². The molecule has 0 aliphatic heterocycles. The Bertz CT molecular complexity index is 434. The number of benzene rings is 1. The first-order valence-corrected chi connectivity index (χ1v) is 15.9. The molecule has 0 fully saturated rings. The molecule has 0 saturated heterocycles. The molecule has 1 aromatic heterocycles. The Morgan fingerprint density at radius 2 is 1.41 bits per heavy atom. The van der Waals surface area contributed by atoms with Gasteiger partial charge in [-0.25, -0.2) is 4.98 Å². The van der Waals surface area contributed by atoms with Gasteiger partial charge in [0.1, 0.15) is 0 Å². The van der Waals surface area contributed by atoms with Gasteiger partial charge in [0.05, 0.1) is 15.7 Å². The average Bonchev–Trinajstić information content (AvgIpc) is 3.03. The molecule has 1 nitrogen and oxygen atoms in total. The first kappa shape index (κ1) is 20.0. The minimum atomic E-state index is -0.839. The van der Waals surface area contributed by atoms with E-state index < -0.39 is 19.8 Å². The molecule has 1 aromatic carbocycles. The smallest absolute Gasteiger partial charge is 0.0812 e. The van der Waals surface area contributed by atoms with E-state index >= 15 is 0 Å². The number of unbranched alkanes of at least 4 members (excludes halogenated alkanes) is 3. The summed E-state index contributed by atoms with van der Waals surface area (Å²) in [6.45, 7) is 7.00. The predicted molar refractivity (Wildman–Crippen MR) is 105 cm³/mol. The Morgan fingerprint density at radius 3 is 1.91 bits per heavy atom. The molecular weight excluding hydrogens is 393 g/mol. The van der Waals surface area contributed by atoms with Crippen LogP contribution in [0.25, 0.3) is 10.2 Å². The number of hydrogen-bond donors (Lipinski definition) is 0. The third-order valence-electron chi connectivity index (χ3n) is 3.89. The standard InChI is InChI=1S/C7H5NS.3C4H9.Sn/c1-2-4-7-6(3-1)8-5-9-7;3*1-3-4-2;/h1-5H;3*1,3-4H2,2H3;. The Hall–Kier alpha value is -0.0913. The topological polar surface area (TPSA) is 12.9 Å². The van der Waals surface area contributed by atoms with Gasteiger partial charge in [0.25, 0.3) is 0 Å². The van der Waals surface area contributed by atoms with Crippen molar-refractivity contribution < 1.29 is 0 Å². The molecule has 0 aliphatic carbocycles. The van der Waals surface area contributed by atoms with Crippen LogP contribution in [-0.2, 0) is 0 Å². The predicted octanol–water partition coefficient (Wildman–Crippen LogP) is 7.18. The van der Waals surface area contributed by atoms with Crippen molar-refractivity contribution in [2.45, 2.75) is 72.6 Å². The number of aromatic nitrogens is 1.